The summed E-state index contributed by atoms with van der Waals surface area (Å²) in [6, 6.07) is 15.8. The van der Waals surface area contributed by atoms with E-state index in [1.807, 2.05) is 6.07 Å². The van der Waals surface area contributed by atoms with Crippen LogP contribution >= 0.6 is 7.37 Å². The quantitative estimate of drug-likeness (QED) is 0.719. The number of halogens is 1. The second-order valence-electron chi connectivity index (χ2n) is 4.20. The van der Waals surface area contributed by atoms with Crippen LogP contribution in [-0.4, -0.2) is 6.66 Å². The molecule has 1 aliphatic heterocycles. The Morgan fingerprint density at radius 2 is 1.29 bits per heavy atom. The fourth-order valence-electron chi connectivity index (χ4n) is 1.93. The van der Waals surface area contributed by atoms with Crippen LogP contribution < -0.4 is 14.4 Å². The molecule has 0 fully saturated rings. The van der Waals surface area contributed by atoms with E-state index in [1.165, 1.54) is 6.66 Å². The van der Waals surface area contributed by atoms with Gasteiger partial charge in [-0.3, -0.25) is 0 Å². The summed E-state index contributed by atoms with van der Waals surface area (Å²) in [6.45, 7) is 1.42. The predicted octanol–water partition coefficient (Wildman–Crippen LogP) is 3.68. The fourth-order valence-corrected chi connectivity index (χ4v) is 4.21. The van der Waals surface area contributed by atoms with E-state index in [0.29, 0.717) is 16.8 Å². The first-order valence-electron chi connectivity index (χ1n) is 5.35. The summed E-state index contributed by atoms with van der Waals surface area (Å²) < 4.78 is 26.2. The average molecular weight is 250 g/mol. The SMILES string of the molecule is CP1(F)(c2ccccc2)Oc2ccccc2O1. The summed E-state index contributed by atoms with van der Waals surface area (Å²) in [5, 5.41) is 0.467. The van der Waals surface area contributed by atoms with Gasteiger partial charge in [-0.1, -0.05) is 0 Å². The van der Waals surface area contributed by atoms with Gasteiger partial charge in [-0.2, -0.15) is 0 Å². The Bertz CT molecular complexity index is 540. The van der Waals surface area contributed by atoms with Crippen molar-refractivity contribution in [2.24, 2.45) is 0 Å². The van der Waals surface area contributed by atoms with Crippen molar-refractivity contribution in [2.75, 3.05) is 6.66 Å². The van der Waals surface area contributed by atoms with Gasteiger partial charge < -0.3 is 0 Å². The molecule has 4 heteroatoms. The first-order valence-corrected chi connectivity index (χ1v) is 7.76. The minimum atomic E-state index is -4.25. The predicted molar refractivity (Wildman–Crippen MR) is 67.7 cm³/mol. The molecule has 0 bridgehead atoms. The van der Waals surface area contributed by atoms with Crippen LogP contribution in [0.3, 0.4) is 0 Å². The molecular weight excluding hydrogens is 238 g/mol. The van der Waals surface area contributed by atoms with Gasteiger partial charge in [0.25, 0.3) is 0 Å². The van der Waals surface area contributed by atoms with Crippen molar-refractivity contribution in [3.05, 3.63) is 54.6 Å². The van der Waals surface area contributed by atoms with Crippen molar-refractivity contribution in [3.8, 4) is 11.5 Å². The van der Waals surface area contributed by atoms with Crippen LogP contribution in [0, 0.1) is 0 Å². The van der Waals surface area contributed by atoms with E-state index < -0.39 is 7.37 Å². The number of hydrogen-bond acceptors (Lipinski definition) is 2. The summed E-state index contributed by atoms with van der Waals surface area (Å²) >= 11 is 0. The molecule has 0 amide bonds. The van der Waals surface area contributed by atoms with Crippen molar-refractivity contribution in [1.82, 2.24) is 0 Å². The molecule has 1 aliphatic rings. The fraction of sp³-hybridized carbons (Fsp3) is 0.0769. The molecule has 0 aliphatic carbocycles. The molecule has 0 atom stereocenters. The molecule has 2 aromatic rings. The maximum atomic E-state index is 15.2. The van der Waals surface area contributed by atoms with Gasteiger partial charge in [0.2, 0.25) is 0 Å². The summed E-state index contributed by atoms with van der Waals surface area (Å²) in [7, 11) is -4.25. The minimum absolute atomic E-state index is 0.467. The zero-order valence-electron chi connectivity index (χ0n) is 9.34. The molecular formula is C13H12FO2P. The van der Waals surface area contributed by atoms with Crippen LogP contribution in [0.4, 0.5) is 4.20 Å². The van der Waals surface area contributed by atoms with Gasteiger partial charge in [0, 0.05) is 0 Å². The number of benzene rings is 2. The second-order valence-corrected chi connectivity index (χ2v) is 7.56. The van der Waals surface area contributed by atoms with Gasteiger partial charge in [-0.15, -0.1) is 0 Å². The van der Waals surface area contributed by atoms with Gasteiger partial charge in [0.05, 0.1) is 0 Å². The molecule has 0 spiro atoms. The maximum absolute atomic E-state index is 15.2. The summed E-state index contributed by atoms with van der Waals surface area (Å²) in [5.74, 6) is 0.943. The van der Waals surface area contributed by atoms with Gasteiger partial charge in [0.1, 0.15) is 0 Å². The average Bonchev–Trinajstić information content (AvgIpc) is 2.63. The first kappa shape index (κ1) is 10.5. The normalized spacial score (nSPS) is 21.4. The molecule has 0 radical (unpaired) electrons. The van der Waals surface area contributed by atoms with E-state index in [1.54, 1.807) is 48.5 Å². The standard InChI is InChI=1S/C13H12FO2P/c1-17(14,11-7-3-2-4-8-11)15-12-9-5-6-10-13(12)16-17/h2-10H,1H3. The molecule has 1 heterocycles. The molecule has 0 aromatic heterocycles. The van der Waals surface area contributed by atoms with E-state index in [9.17, 15) is 0 Å². The third-order valence-electron chi connectivity index (χ3n) is 2.79. The van der Waals surface area contributed by atoms with Gasteiger partial charge in [-0.05, 0) is 0 Å². The van der Waals surface area contributed by atoms with Crippen molar-refractivity contribution >= 4 is 12.7 Å². The van der Waals surface area contributed by atoms with E-state index in [0.717, 1.165) is 0 Å². The van der Waals surface area contributed by atoms with Crippen LogP contribution in [-0.2, 0) is 0 Å². The Kier molecular flexibility index (Phi) is 1.99. The van der Waals surface area contributed by atoms with Crippen molar-refractivity contribution in [3.63, 3.8) is 0 Å². The van der Waals surface area contributed by atoms with Gasteiger partial charge in [-0.25, -0.2) is 0 Å². The van der Waals surface area contributed by atoms with E-state index in [2.05, 4.69) is 0 Å². The summed E-state index contributed by atoms with van der Waals surface area (Å²) in [4.78, 5) is 0. The van der Waals surface area contributed by atoms with Crippen molar-refractivity contribution in [2.45, 2.75) is 0 Å². The van der Waals surface area contributed by atoms with Crippen LogP contribution in [0.15, 0.2) is 54.6 Å². The Morgan fingerprint density at radius 3 is 1.82 bits per heavy atom. The molecule has 0 unspecified atom stereocenters. The molecule has 0 saturated heterocycles. The van der Waals surface area contributed by atoms with Gasteiger partial charge in [0.15, 0.2) is 0 Å². The summed E-state index contributed by atoms with van der Waals surface area (Å²) in [5.41, 5.74) is 0. The van der Waals surface area contributed by atoms with Crippen LogP contribution in [0.5, 0.6) is 11.5 Å². The molecule has 17 heavy (non-hydrogen) atoms. The summed E-state index contributed by atoms with van der Waals surface area (Å²) in [6.07, 6.45) is 0. The third-order valence-corrected chi connectivity index (χ3v) is 5.45. The van der Waals surface area contributed by atoms with Crippen LogP contribution in [0.1, 0.15) is 0 Å². The van der Waals surface area contributed by atoms with Crippen LogP contribution in [0.25, 0.3) is 0 Å². The van der Waals surface area contributed by atoms with Crippen molar-refractivity contribution in [1.29, 1.82) is 0 Å². The Hall–Kier alpha value is -1.60. The number of rotatable bonds is 1. The Labute approximate surface area is 99.2 Å². The van der Waals surface area contributed by atoms with E-state index in [-0.39, 0.29) is 0 Å². The molecule has 2 nitrogen and oxygen atoms in total. The third kappa shape index (κ3) is 1.58. The molecule has 2 aromatic carbocycles. The molecule has 3 rings (SSSR count). The zero-order valence-corrected chi connectivity index (χ0v) is 10.2. The number of hydrogen-bond donors (Lipinski definition) is 0. The molecule has 0 saturated carbocycles. The zero-order chi connectivity index (χ0) is 12.0. The molecule has 88 valence electrons. The van der Waals surface area contributed by atoms with Crippen LogP contribution in [0.2, 0.25) is 0 Å². The van der Waals surface area contributed by atoms with Crippen molar-refractivity contribution < 1.29 is 13.2 Å². The second kappa shape index (κ2) is 3.21. The Balaban J connectivity index is 2.11. The van der Waals surface area contributed by atoms with Gasteiger partial charge >= 0.3 is 98.7 Å². The Morgan fingerprint density at radius 1 is 0.824 bits per heavy atom. The van der Waals surface area contributed by atoms with E-state index >= 15 is 4.20 Å². The van der Waals surface area contributed by atoms with E-state index in [4.69, 9.17) is 9.05 Å². The molecule has 0 N–H and O–H groups in total. The first-order chi connectivity index (χ1) is 8.07. The number of fused-ring (bicyclic) bond motifs is 1. The monoisotopic (exact) mass is 250 g/mol. The topological polar surface area (TPSA) is 18.5 Å². The number of para-hydroxylation sites is 2.